The van der Waals surface area contributed by atoms with Gasteiger partial charge in [-0.25, -0.2) is 0 Å². The third-order valence-electron chi connectivity index (χ3n) is 1.76. The van der Waals surface area contributed by atoms with Crippen molar-refractivity contribution in [2.75, 3.05) is 0 Å². The summed E-state index contributed by atoms with van der Waals surface area (Å²) in [5, 5.41) is 0. The highest BCUT2D eigenvalue weighted by Gasteiger charge is 2.10. The van der Waals surface area contributed by atoms with Gasteiger partial charge in [-0.05, 0) is 12.8 Å². The Bertz CT molecular complexity index is 68.8. The normalized spacial score (nSPS) is 21.0. The van der Waals surface area contributed by atoms with Crippen LogP contribution >= 0.6 is 28.6 Å². The summed E-state index contributed by atoms with van der Waals surface area (Å²) in [5.74, 6) is 0. The van der Waals surface area contributed by atoms with Crippen molar-refractivity contribution in [3.63, 3.8) is 0 Å². The van der Waals surface area contributed by atoms with Crippen molar-refractivity contribution in [3.8, 4) is 0 Å². The van der Waals surface area contributed by atoms with E-state index in [1.807, 2.05) is 0 Å². The summed E-state index contributed by atoms with van der Waals surface area (Å²) >= 11 is 3.26. The summed E-state index contributed by atoms with van der Waals surface area (Å²) in [5.41, 5.74) is 0. The van der Waals surface area contributed by atoms with Crippen LogP contribution in [0.5, 0.6) is 0 Å². The molecule has 3 heteroatoms. The van der Waals surface area contributed by atoms with Crippen LogP contribution in [0.2, 0.25) is 0 Å². The van der Waals surface area contributed by atoms with E-state index in [2.05, 4.69) is 20.5 Å². The molecule has 1 rings (SSSR count). The Morgan fingerprint density at radius 1 is 1.22 bits per heavy atom. The molecule has 1 N–H and O–H groups in total. The maximum atomic E-state index is 3.26. The van der Waals surface area contributed by atoms with Crippen LogP contribution in [-0.2, 0) is 0 Å². The van der Waals surface area contributed by atoms with Gasteiger partial charge in [0.05, 0.1) is 0 Å². The Kier molecular flexibility index (Phi) is 5.96. The average Bonchev–Trinajstić information content (AvgIpc) is 1.90. The van der Waals surface area contributed by atoms with Crippen LogP contribution in [0.1, 0.15) is 33.5 Å². The molecule has 0 aromatic carbocycles. The Hall–Kier alpha value is 0.730. The van der Waals surface area contributed by atoms with Crippen molar-refractivity contribution < 1.29 is 1.43 Å². The van der Waals surface area contributed by atoms with E-state index in [1.54, 1.807) is 0 Å². The first-order chi connectivity index (χ1) is 3.93. The van der Waals surface area contributed by atoms with Crippen molar-refractivity contribution in [1.82, 2.24) is 4.34 Å². The maximum absolute atomic E-state index is 3.26. The smallest absolute Gasteiger partial charge is 0.253 e. The van der Waals surface area contributed by atoms with Gasteiger partial charge in [-0.3, -0.25) is 4.34 Å². The average molecular weight is 216 g/mol. The van der Waals surface area contributed by atoms with E-state index >= 15 is 0 Å². The molecular weight excluding hydrogens is 201 g/mol. The summed E-state index contributed by atoms with van der Waals surface area (Å²) in [7, 11) is 0. The monoisotopic (exact) mass is 214 g/mol. The lowest BCUT2D eigenvalue weighted by molar-refractivity contribution is 0.426. The van der Waals surface area contributed by atoms with Crippen LogP contribution in [0.25, 0.3) is 0 Å². The highest BCUT2D eigenvalue weighted by atomic mass is 79.9. The molecule has 0 heterocycles. The zero-order chi connectivity index (χ0) is 5.82. The van der Waals surface area contributed by atoms with Gasteiger partial charge in [0.15, 0.2) is 0 Å². The highest BCUT2D eigenvalue weighted by Crippen LogP contribution is 2.17. The molecule has 56 valence electrons. The minimum atomic E-state index is 0. The zero-order valence-electron chi connectivity index (χ0n) is 6.40. The number of hydrogen-bond acceptors (Lipinski definition) is 1. The summed E-state index contributed by atoms with van der Waals surface area (Å²) < 4.78 is 3.12. The molecule has 1 saturated carbocycles. The van der Waals surface area contributed by atoms with Crippen LogP contribution in [0.15, 0.2) is 0 Å². The van der Waals surface area contributed by atoms with E-state index < -0.39 is 0 Å². The zero-order valence-corrected chi connectivity index (χ0v) is 7.80. The van der Waals surface area contributed by atoms with Gasteiger partial charge in [0.1, 0.15) is 0 Å². The minimum Gasteiger partial charge on any atom is -0.253 e. The molecule has 0 saturated heterocycles. The molecule has 0 unspecified atom stereocenters. The molecule has 0 aliphatic heterocycles. The summed E-state index contributed by atoms with van der Waals surface area (Å²) in [6.07, 6.45) is 6.95. The van der Waals surface area contributed by atoms with Gasteiger partial charge in [0.2, 0.25) is 0 Å². The predicted molar refractivity (Wildman–Crippen MR) is 47.3 cm³/mol. The number of hydrogen-bond donors (Lipinski definition) is 1. The lowest BCUT2D eigenvalue weighted by Crippen LogP contribution is -2.22. The van der Waals surface area contributed by atoms with Gasteiger partial charge >= 0.3 is 1.43 Å². The third kappa shape index (κ3) is 3.43. The molecule has 0 atom stereocenters. The molecule has 1 aliphatic carbocycles. The first kappa shape index (κ1) is 9.73. The fourth-order valence-corrected chi connectivity index (χ4v) is 1.67. The van der Waals surface area contributed by atoms with Gasteiger partial charge in [0, 0.05) is 22.2 Å². The predicted octanol–water partition coefficient (Wildman–Crippen LogP) is 2.75. The van der Waals surface area contributed by atoms with E-state index in [9.17, 15) is 0 Å². The summed E-state index contributed by atoms with van der Waals surface area (Å²) in [6, 6.07) is 0.753. The molecule has 1 nitrogen and oxygen atoms in total. The maximum Gasteiger partial charge on any atom is 1.00 e. The third-order valence-corrected chi connectivity index (χ3v) is 2.41. The van der Waals surface area contributed by atoms with Crippen molar-refractivity contribution in [1.29, 1.82) is 0 Å². The second kappa shape index (κ2) is 5.51. The van der Waals surface area contributed by atoms with E-state index in [0.717, 1.165) is 6.04 Å². The SMILES string of the molecule is BrNC1CCCCC1.Cl.[H+]. The number of nitrogens with one attached hydrogen (secondary N) is 1. The van der Waals surface area contributed by atoms with Crippen molar-refractivity contribution in [2.45, 2.75) is 38.1 Å². The van der Waals surface area contributed by atoms with Crippen LogP contribution < -0.4 is 4.34 Å². The lowest BCUT2D eigenvalue weighted by atomic mass is 9.97. The van der Waals surface area contributed by atoms with Gasteiger partial charge in [0.25, 0.3) is 0 Å². The number of rotatable bonds is 1. The van der Waals surface area contributed by atoms with Gasteiger partial charge < -0.3 is 0 Å². The van der Waals surface area contributed by atoms with E-state index in [4.69, 9.17) is 0 Å². The molecule has 0 spiro atoms. The molecule has 1 fully saturated rings. The van der Waals surface area contributed by atoms with Crippen molar-refractivity contribution >= 4 is 28.6 Å². The van der Waals surface area contributed by atoms with Gasteiger partial charge in [-0.2, -0.15) is 0 Å². The number of halogens is 2. The molecule has 9 heavy (non-hydrogen) atoms. The van der Waals surface area contributed by atoms with E-state index in [0.29, 0.717) is 0 Å². The molecule has 0 aromatic heterocycles. The Morgan fingerprint density at radius 3 is 2.11 bits per heavy atom. The summed E-state index contributed by atoms with van der Waals surface area (Å²) in [4.78, 5) is 0. The first-order valence-corrected chi connectivity index (χ1v) is 4.09. The van der Waals surface area contributed by atoms with Crippen LogP contribution in [0.3, 0.4) is 0 Å². The fourth-order valence-electron chi connectivity index (χ4n) is 1.21. The van der Waals surface area contributed by atoms with Gasteiger partial charge in [-0.1, -0.05) is 19.3 Å². The molecule has 0 bridgehead atoms. The second-order valence-electron chi connectivity index (χ2n) is 2.44. The molecule has 0 aromatic rings. The highest BCUT2D eigenvalue weighted by molar-refractivity contribution is 9.08. The fraction of sp³-hybridized carbons (Fsp3) is 1.00. The Balaban J connectivity index is 0. The first-order valence-electron chi connectivity index (χ1n) is 3.29. The molecule has 0 radical (unpaired) electrons. The van der Waals surface area contributed by atoms with Crippen LogP contribution in [0.4, 0.5) is 0 Å². The van der Waals surface area contributed by atoms with Gasteiger partial charge in [-0.15, -0.1) is 12.4 Å². The summed E-state index contributed by atoms with van der Waals surface area (Å²) in [6.45, 7) is 0. The molecule has 1 aliphatic rings. The van der Waals surface area contributed by atoms with Crippen molar-refractivity contribution in [2.24, 2.45) is 0 Å². The quantitative estimate of drug-likeness (QED) is 0.663. The van der Waals surface area contributed by atoms with E-state index in [-0.39, 0.29) is 13.8 Å². The second-order valence-corrected chi connectivity index (χ2v) is 2.90. The van der Waals surface area contributed by atoms with E-state index in [1.165, 1.54) is 32.1 Å². The largest absolute Gasteiger partial charge is 1.00 e. The van der Waals surface area contributed by atoms with Crippen LogP contribution in [-0.4, -0.2) is 6.04 Å². The standard InChI is InChI=1S/C6H12BrN.ClH/c7-8-6-4-2-1-3-5-6;/h6,8H,1-5H2;1H/p+1. The van der Waals surface area contributed by atoms with Crippen molar-refractivity contribution in [3.05, 3.63) is 0 Å². The molecule has 0 amide bonds. The Labute approximate surface area is 72.8 Å². The van der Waals surface area contributed by atoms with Crippen LogP contribution in [0, 0.1) is 0 Å². The molecular formula is C6H14BrClN+. The topological polar surface area (TPSA) is 12.0 Å². The lowest BCUT2D eigenvalue weighted by Gasteiger charge is -2.18. The minimum absolute atomic E-state index is 0. The Morgan fingerprint density at radius 2 is 1.78 bits per heavy atom.